The summed E-state index contributed by atoms with van der Waals surface area (Å²) in [6.45, 7) is 0.424. The zero-order valence-corrected chi connectivity index (χ0v) is 11.6. The van der Waals surface area contributed by atoms with Crippen LogP contribution in [-0.4, -0.2) is 18.5 Å². The molecule has 1 atom stereocenters. The molecule has 1 aliphatic rings. The molecule has 1 aliphatic heterocycles. The number of nitrogens with one attached hydrogen (secondary N) is 1. The van der Waals surface area contributed by atoms with Crippen molar-refractivity contribution in [3.63, 3.8) is 0 Å². The number of halogens is 1. The Morgan fingerprint density at radius 2 is 1.86 bits per heavy atom. The summed E-state index contributed by atoms with van der Waals surface area (Å²) in [5.41, 5.74) is 7.48. The highest BCUT2D eigenvalue weighted by Gasteiger charge is 2.18. The molecule has 0 saturated heterocycles. The molecule has 0 fully saturated rings. The molecule has 1 heterocycles. The molecular formula is C16H14FN3O2. The second kappa shape index (κ2) is 5.85. The summed E-state index contributed by atoms with van der Waals surface area (Å²) in [5, 5.41) is 2.75. The van der Waals surface area contributed by atoms with Gasteiger partial charge in [-0.2, -0.15) is 0 Å². The minimum Gasteiger partial charge on any atom is -0.463 e. The van der Waals surface area contributed by atoms with Crippen molar-refractivity contribution in [1.29, 1.82) is 0 Å². The summed E-state index contributed by atoms with van der Waals surface area (Å²) in [6.07, 6.45) is 0. The molecule has 22 heavy (non-hydrogen) atoms. The van der Waals surface area contributed by atoms with Gasteiger partial charge in [0.05, 0.1) is 0 Å². The molecule has 0 bridgehead atoms. The maximum atomic E-state index is 12.8. The first kappa shape index (κ1) is 14.1. The fourth-order valence-electron chi connectivity index (χ4n) is 2.16. The minimum atomic E-state index is -0.375. The molecule has 0 spiro atoms. The van der Waals surface area contributed by atoms with Crippen molar-refractivity contribution in [3.05, 3.63) is 65.5 Å². The molecule has 2 aromatic rings. The summed E-state index contributed by atoms with van der Waals surface area (Å²) in [7, 11) is 0. The third kappa shape index (κ3) is 3.06. The first-order valence-electron chi connectivity index (χ1n) is 6.75. The van der Waals surface area contributed by atoms with Crippen LogP contribution in [-0.2, 0) is 4.74 Å². The van der Waals surface area contributed by atoms with E-state index in [1.54, 1.807) is 12.1 Å². The van der Waals surface area contributed by atoms with E-state index in [0.29, 0.717) is 17.9 Å². The highest BCUT2D eigenvalue weighted by molar-refractivity contribution is 6.04. The monoisotopic (exact) mass is 299 g/mol. The number of carbonyl (C=O) groups is 1. The summed E-state index contributed by atoms with van der Waals surface area (Å²) >= 11 is 0. The van der Waals surface area contributed by atoms with Gasteiger partial charge < -0.3 is 15.8 Å². The van der Waals surface area contributed by atoms with Crippen molar-refractivity contribution in [2.75, 3.05) is 11.9 Å². The first-order valence-corrected chi connectivity index (χ1v) is 6.75. The summed E-state index contributed by atoms with van der Waals surface area (Å²) in [6, 6.07) is 12.7. The van der Waals surface area contributed by atoms with E-state index in [2.05, 4.69) is 10.3 Å². The average molecular weight is 299 g/mol. The van der Waals surface area contributed by atoms with Gasteiger partial charge in [0, 0.05) is 11.3 Å². The molecule has 5 nitrogen and oxygen atoms in total. The van der Waals surface area contributed by atoms with Crippen LogP contribution in [0.25, 0.3) is 0 Å². The fourth-order valence-corrected chi connectivity index (χ4v) is 2.16. The van der Waals surface area contributed by atoms with E-state index in [9.17, 15) is 9.18 Å². The van der Waals surface area contributed by atoms with Gasteiger partial charge in [-0.25, -0.2) is 9.38 Å². The topological polar surface area (TPSA) is 76.7 Å². The molecule has 6 heteroatoms. The number of benzene rings is 2. The van der Waals surface area contributed by atoms with Gasteiger partial charge >= 0.3 is 0 Å². The lowest BCUT2D eigenvalue weighted by molar-refractivity contribution is 0.102. The number of amidine groups is 1. The zero-order valence-electron chi connectivity index (χ0n) is 11.6. The number of nitrogens with two attached hydrogens (primary N) is 1. The molecule has 1 amide bonds. The second-order valence-electron chi connectivity index (χ2n) is 4.88. The van der Waals surface area contributed by atoms with Crippen molar-refractivity contribution in [1.82, 2.24) is 0 Å². The normalized spacial score (nSPS) is 16.8. The highest BCUT2D eigenvalue weighted by atomic mass is 19.1. The van der Waals surface area contributed by atoms with E-state index in [1.165, 1.54) is 24.3 Å². The Morgan fingerprint density at radius 3 is 2.45 bits per heavy atom. The second-order valence-corrected chi connectivity index (χ2v) is 4.88. The summed E-state index contributed by atoms with van der Waals surface area (Å²) in [4.78, 5) is 16.2. The SMILES string of the molecule is NC1=N[C@@H](c2ccc(NC(=O)c3ccc(F)cc3)cc2)CO1. The van der Waals surface area contributed by atoms with Gasteiger partial charge in [0.2, 0.25) is 0 Å². The quantitative estimate of drug-likeness (QED) is 0.914. The number of nitrogens with zero attached hydrogens (tertiary/aromatic N) is 1. The Kier molecular flexibility index (Phi) is 3.74. The Labute approximate surface area is 126 Å². The van der Waals surface area contributed by atoms with Gasteiger partial charge in [-0.15, -0.1) is 0 Å². The number of rotatable bonds is 3. The molecule has 3 N–H and O–H groups in total. The van der Waals surface area contributed by atoms with Gasteiger partial charge in [-0.3, -0.25) is 4.79 Å². The van der Waals surface area contributed by atoms with Crippen LogP contribution in [0.1, 0.15) is 22.0 Å². The van der Waals surface area contributed by atoms with Crippen LogP contribution in [0, 0.1) is 5.82 Å². The predicted molar refractivity (Wildman–Crippen MR) is 81.1 cm³/mol. The van der Waals surface area contributed by atoms with Gasteiger partial charge in [-0.05, 0) is 42.0 Å². The standard InChI is InChI=1S/C16H14FN3O2/c17-12-5-1-11(2-6-12)15(21)19-13-7-3-10(4-8-13)14-9-22-16(18)20-14/h1-8,14H,9H2,(H2,18,20)(H,19,21)/t14-/m1/s1. The maximum Gasteiger partial charge on any atom is 0.282 e. The molecular weight excluding hydrogens is 285 g/mol. The Morgan fingerprint density at radius 1 is 1.18 bits per heavy atom. The third-order valence-corrected chi connectivity index (χ3v) is 3.33. The lowest BCUT2D eigenvalue weighted by atomic mass is 10.1. The number of anilines is 1. The lowest BCUT2D eigenvalue weighted by Crippen LogP contribution is -2.11. The van der Waals surface area contributed by atoms with E-state index in [1.807, 2.05) is 12.1 Å². The number of hydrogen-bond acceptors (Lipinski definition) is 4. The third-order valence-electron chi connectivity index (χ3n) is 3.33. The average Bonchev–Trinajstić information content (AvgIpc) is 2.95. The molecule has 112 valence electrons. The number of aliphatic imine (C=N–C) groups is 1. The van der Waals surface area contributed by atoms with Crippen molar-refractivity contribution in [3.8, 4) is 0 Å². The van der Waals surface area contributed by atoms with E-state index < -0.39 is 0 Å². The minimum absolute atomic E-state index is 0.109. The number of amides is 1. The molecule has 0 unspecified atom stereocenters. The van der Waals surface area contributed by atoms with Crippen LogP contribution in [0.2, 0.25) is 0 Å². The van der Waals surface area contributed by atoms with Gasteiger partial charge in [0.1, 0.15) is 18.5 Å². The molecule has 2 aromatic carbocycles. The van der Waals surface area contributed by atoms with E-state index in [-0.39, 0.29) is 23.8 Å². The van der Waals surface area contributed by atoms with E-state index >= 15 is 0 Å². The Hall–Kier alpha value is -2.89. The van der Waals surface area contributed by atoms with Crippen molar-refractivity contribution in [2.45, 2.75) is 6.04 Å². The van der Waals surface area contributed by atoms with Crippen LogP contribution in [0.4, 0.5) is 10.1 Å². The van der Waals surface area contributed by atoms with Crippen molar-refractivity contribution < 1.29 is 13.9 Å². The predicted octanol–water partition coefficient (Wildman–Crippen LogP) is 2.46. The first-order chi connectivity index (χ1) is 10.6. The number of ether oxygens (including phenoxy) is 1. The number of hydrogen-bond donors (Lipinski definition) is 2. The molecule has 0 radical (unpaired) electrons. The molecule has 0 aliphatic carbocycles. The van der Waals surface area contributed by atoms with Crippen LogP contribution >= 0.6 is 0 Å². The molecule has 0 saturated carbocycles. The smallest absolute Gasteiger partial charge is 0.282 e. The lowest BCUT2D eigenvalue weighted by Gasteiger charge is -2.08. The fraction of sp³-hybridized carbons (Fsp3) is 0.125. The number of carbonyl (C=O) groups excluding carboxylic acids is 1. The van der Waals surface area contributed by atoms with Crippen molar-refractivity contribution >= 4 is 17.6 Å². The van der Waals surface area contributed by atoms with Crippen LogP contribution in [0.15, 0.2) is 53.5 Å². The summed E-state index contributed by atoms with van der Waals surface area (Å²) < 4.78 is 17.9. The Bertz CT molecular complexity index is 711. The van der Waals surface area contributed by atoms with E-state index in [0.717, 1.165) is 5.56 Å². The van der Waals surface area contributed by atoms with E-state index in [4.69, 9.17) is 10.5 Å². The largest absolute Gasteiger partial charge is 0.463 e. The van der Waals surface area contributed by atoms with Crippen molar-refractivity contribution in [2.24, 2.45) is 10.7 Å². The maximum absolute atomic E-state index is 12.8. The van der Waals surface area contributed by atoms with Crippen LogP contribution in [0.3, 0.4) is 0 Å². The highest BCUT2D eigenvalue weighted by Crippen LogP contribution is 2.23. The molecule has 3 rings (SSSR count). The van der Waals surface area contributed by atoms with Gasteiger partial charge in [0.15, 0.2) is 0 Å². The Balaban J connectivity index is 1.68. The van der Waals surface area contributed by atoms with Crippen LogP contribution < -0.4 is 11.1 Å². The van der Waals surface area contributed by atoms with Gasteiger partial charge in [0.25, 0.3) is 11.9 Å². The zero-order chi connectivity index (χ0) is 15.5. The summed E-state index contributed by atoms with van der Waals surface area (Å²) in [5.74, 6) is -0.668. The molecule has 0 aromatic heterocycles. The van der Waals surface area contributed by atoms with Crippen LogP contribution in [0.5, 0.6) is 0 Å². The van der Waals surface area contributed by atoms with Gasteiger partial charge in [-0.1, -0.05) is 12.1 Å².